The Morgan fingerprint density at radius 2 is 1.96 bits per heavy atom. The number of furan rings is 1. The van der Waals surface area contributed by atoms with E-state index >= 15 is 0 Å². The van der Waals surface area contributed by atoms with Gasteiger partial charge in [-0.25, -0.2) is 4.99 Å². The molecule has 0 saturated carbocycles. The Labute approximate surface area is 160 Å². The first kappa shape index (κ1) is 20.3. The van der Waals surface area contributed by atoms with Crippen molar-refractivity contribution in [3.05, 3.63) is 54.0 Å². The maximum Gasteiger partial charge on any atom is 0.191 e. The third-order valence-electron chi connectivity index (χ3n) is 3.22. The molecule has 0 atom stereocenters. The summed E-state index contributed by atoms with van der Waals surface area (Å²) in [4.78, 5) is 4.48. The molecule has 1 heterocycles. The van der Waals surface area contributed by atoms with E-state index in [1.807, 2.05) is 31.2 Å². The quantitative estimate of drug-likeness (QED) is 0.283. The minimum absolute atomic E-state index is 0. The Morgan fingerprint density at radius 3 is 2.62 bits per heavy atom. The van der Waals surface area contributed by atoms with Gasteiger partial charge in [-0.15, -0.1) is 24.0 Å². The van der Waals surface area contributed by atoms with Crippen molar-refractivity contribution in [2.45, 2.75) is 26.8 Å². The van der Waals surface area contributed by atoms with Gasteiger partial charge >= 0.3 is 0 Å². The number of guanidine groups is 1. The number of benzene rings is 1. The molecule has 1 aromatic carbocycles. The molecular weight excluding hydrogens is 417 g/mol. The van der Waals surface area contributed by atoms with Gasteiger partial charge in [0.05, 0.1) is 12.9 Å². The van der Waals surface area contributed by atoms with E-state index in [9.17, 15) is 0 Å². The van der Waals surface area contributed by atoms with E-state index < -0.39 is 0 Å². The van der Waals surface area contributed by atoms with Crippen LogP contribution in [0.2, 0.25) is 0 Å². The first-order chi connectivity index (χ1) is 11.3. The number of hydrogen-bond donors (Lipinski definition) is 2. The number of aryl methyl sites for hydroxylation is 1. The summed E-state index contributed by atoms with van der Waals surface area (Å²) in [5.74, 6) is 2.55. The lowest BCUT2D eigenvalue weighted by molar-refractivity contribution is 0.311. The van der Waals surface area contributed by atoms with Crippen LogP contribution in [0.3, 0.4) is 0 Å². The Morgan fingerprint density at radius 1 is 1.17 bits per heavy atom. The molecule has 5 nitrogen and oxygen atoms in total. The van der Waals surface area contributed by atoms with Crippen LogP contribution in [0.4, 0.5) is 0 Å². The fourth-order valence-corrected chi connectivity index (χ4v) is 2.00. The average Bonchev–Trinajstić information content (AvgIpc) is 3.07. The molecule has 0 unspecified atom stereocenters. The normalized spacial score (nSPS) is 10.8. The van der Waals surface area contributed by atoms with Crippen LogP contribution in [0.25, 0.3) is 0 Å². The van der Waals surface area contributed by atoms with Crippen LogP contribution in [-0.2, 0) is 6.54 Å². The molecule has 0 aliphatic carbocycles. The molecular formula is C18H26IN3O2. The van der Waals surface area contributed by atoms with Crippen molar-refractivity contribution < 1.29 is 9.15 Å². The van der Waals surface area contributed by atoms with Crippen LogP contribution < -0.4 is 15.4 Å². The van der Waals surface area contributed by atoms with Gasteiger partial charge in [0.1, 0.15) is 18.1 Å². The van der Waals surface area contributed by atoms with E-state index in [1.54, 1.807) is 6.26 Å². The second-order valence-electron chi connectivity index (χ2n) is 5.22. The summed E-state index contributed by atoms with van der Waals surface area (Å²) < 4.78 is 11.0. The summed E-state index contributed by atoms with van der Waals surface area (Å²) in [5.41, 5.74) is 1.24. The lowest BCUT2D eigenvalue weighted by atomic mass is 10.2. The highest BCUT2D eigenvalue weighted by Crippen LogP contribution is 2.11. The van der Waals surface area contributed by atoms with Gasteiger partial charge in [0, 0.05) is 13.1 Å². The largest absolute Gasteiger partial charge is 0.494 e. The summed E-state index contributed by atoms with van der Waals surface area (Å²) in [7, 11) is 0. The van der Waals surface area contributed by atoms with E-state index in [0.29, 0.717) is 13.2 Å². The Balaban J connectivity index is 0.00000288. The molecule has 6 heteroatoms. The highest BCUT2D eigenvalue weighted by atomic mass is 127. The third-order valence-corrected chi connectivity index (χ3v) is 3.22. The van der Waals surface area contributed by atoms with Crippen molar-refractivity contribution >= 4 is 29.9 Å². The predicted molar refractivity (Wildman–Crippen MR) is 108 cm³/mol. The number of nitrogens with zero attached hydrogens (tertiary/aromatic N) is 1. The van der Waals surface area contributed by atoms with Gasteiger partial charge in [-0.2, -0.15) is 0 Å². The lowest BCUT2D eigenvalue weighted by Crippen LogP contribution is -2.38. The first-order valence-electron chi connectivity index (χ1n) is 8.02. The Hall–Kier alpha value is -1.70. The summed E-state index contributed by atoms with van der Waals surface area (Å²) in [6, 6.07) is 11.9. The fourth-order valence-electron chi connectivity index (χ4n) is 2.00. The molecule has 2 N–H and O–H groups in total. The summed E-state index contributed by atoms with van der Waals surface area (Å²) in [5, 5.41) is 6.51. The molecule has 0 saturated heterocycles. The molecule has 2 rings (SSSR count). The number of ether oxygens (including phenoxy) is 1. The molecule has 0 aliphatic rings. The van der Waals surface area contributed by atoms with Gasteiger partial charge in [0.2, 0.25) is 0 Å². The van der Waals surface area contributed by atoms with E-state index in [2.05, 4.69) is 34.7 Å². The topological polar surface area (TPSA) is 58.8 Å². The molecule has 0 fully saturated rings. The van der Waals surface area contributed by atoms with E-state index in [1.165, 1.54) is 5.56 Å². The van der Waals surface area contributed by atoms with Crippen LogP contribution >= 0.6 is 24.0 Å². The van der Waals surface area contributed by atoms with Gasteiger partial charge in [0.25, 0.3) is 0 Å². The maximum atomic E-state index is 5.71. The monoisotopic (exact) mass is 443 g/mol. The number of nitrogens with one attached hydrogen (secondary N) is 2. The lowest BCUT2D eigenvalue weighted by Gasteiger charge is -2.11. The Bertz CT molecular complexity index is 583. The third kappa shape index (κ3) is 7.72. The summed E-state index contributed by atoms with van der Waals surface area (Å²) in [6.45, 7) is 6.94. The number of rotatable bonds is 8. The molecule has 0 spiro atoms. The van der Waals surface area contributed by atoms with Crippen LogP contribution in [0.15, 0.2) is 52.1 Å². The molecule has 0 bridgehead atoms. The van der Waals surface area contributed by atoms with Gasteiger partial charge in [-0.1, -0.05) is 17.7 Å². The van der Waals surface area contributed by atoms with Crippen molar-refractivity contribution in [1.82, 2.24) is 10.6 Å². The second-order valence-corrected chi connectivity index (χ2v) is 5.22. The zero-order valence-corrected chi connectivity index (χ0v) is 16.6. The average molecular weight is 443 g/mol. The minimum atomic E-state index is 0. The van der Waals surface area contributed by atoms with Crippen molar-refractivity contribution in [3.63, 3.8) is 0 Å². The van der Waals surface area contributed by atoms with Gasteiger partial charge in [-0.3, -0.25) is 0 Å². The SMILES string of the molecule is CCNC(=NCc1ccco1)NCCCOc1ccc(C)cc1.I. The maximum absolute atomic E-state index is 5.71. The van der Waals surface area contributed by atoms with Crippen LogP contribution in [-0.4, -0.2) is 25.7 Å². The highest BCUT2D eigenvalue weighted by Gasteiger charge is 1.99. The second kappa shape index (κ2) is 11.8. The van der Waals surface area contributed by atoms with Gasteiger partial charge in [0.15, 0.2) is 5.96 Å². The van der Waals surface area contributed by atoms with Crippen LogP contribution in [0.5, 0.6) is 5.75 Å². The molecule has 0 radical (unpaired) electrons. The zero-order chi connectivity index (χ0) is 16.3. The van der Waals surface area contributed by atoms with Crippen molar-refractivity contribution in [2.24, 2.45) is 4.99 Å². The predicted octanol–water partition coefficient (Wildman–Crippen LogP) is 3.73. The standard InChI is InChI=1S/C18H25N3O2.HI/c1-3-19-18(21-14-17-6-4-12-23-17)20-11-5-13-22-16-9-7-15(2)8-10-16;/h4,6-10,12H,3,5,11,13-14H2,1-2H3,(H2,19,20,21);1H. The highest BCUT2D eigenvalue weighted by molar-refractivity contribution is 14.0. The molecule has 0 amide bonds. The minimum Gasteiger partial charge on any atom is -0.494 e. The number of hydrogen-bond acceptors (Lipinski definition) is 3. The number of halogens is 1. The van der Waals surface area contributed by atoms with Crippen LogP contribution in [0.1, 0.15) is 24.7 Å². The van der Waals surface area contributed by atoms with Gasteiger partial charge in [-0.05, 0) is 44.5 Å². The number of aliphatic imine (C=N–C) groups is 1. The van der Waals surface area contributed by atoms with E-state index in [4.69, 9.17) is 9.15 Å². The van der Waals surface area contributed by atoms with E-state index in [0.717, 1.165) is 37.0 Å². The van der Waals surface area contributed by atoms with Crippen molar-refractivity contribution in [2.75, 3.05) is 19.7 Å². The summed E-state index contributed by atoms with van der Waals surface area (Å²) in [6.07, 6.45) is 2.56. The molecule has 2 aromatic rings. The Kier molecular flexibility index (Phi) is 9.98. The van der Waals surface area contributed by atoms with Crippen molar-refractivity contribution in [3.8, 4) is 5.75 Å². The van der Waals surface area contributed by atoms with Crippen molar-refractivity contribution in [1.29, 1.82) is 0 Å². The molecule has 24 heavy (non-hydrogen) atoms. The fraction of sp³-hybridized carbons (Fsp3) is 0.389. The van der Waals surface area contributed by atoms with E-state index in [-0.39, 0.29) is 24.0 Å². The molecule has 132 valence electrons. The summed E-state index contributed by atoms with van der Waals surface area (Å²) >= 11 is 0. The van der Waals surface area contributed by atoms with Gasteiger partial charge < -0.3 is 19.8 Å². The molecule has 0 aliphatic heterocycles. The molecule has 1 aromatic heterocycles. The first-order valence-corrected chi connectivity index (χ1v) is 8.02. The smallest absolute Gasteiger partial charge is 0.191 e. The van der Waals surface area contributed by atoms with Crippen LogP contribution in [0, 0.1) is 6.92 Å². The zero-order valence-electron chi connectivity index (χ0n) is 14.2.